The lowest BCUT2D eigenvalue weighted by atomic mass is 10.0. The Bertz CT molecular complexity index is 1550. The first-order chi connectivity index (χ1) is 16.3. The number of benzene rings is 1. The summed E-state index contributed by atoms with van der Waals surface area (Å²) in [6.07, 6.45) is 1.52. The Morgan fingerprint density at radius 3 is 2.82 bits per heavy atom. The van der Waals surface area contributed by atoms with Crippen molar-refractivity contribution >= 4 is 21.1 Å². The van der Waals surface area contributed by atoms with Crippen molar-refractivity contribution in [2.45, 2.75) is 32.9 Å². The van der Waals surface area contributed by atoms with E-state index in [0.29, 0.717) is 53.4 Å². The molecular weight excluding hydrogens is 454 g/mol. The first-order valence-electron chi connectivity index (χ1n) is 10.9. The zero-order chi connectivity index (χ0) is 24.0. The number of aromatic nitrogens is 5. The van der Waals surface area contributed by atoms with Gasteiger partial charge in [0.05, 0.1) is 34.1 Å². The fourth-order valence-corrected chi connectivity index (χ4v) is 5.85. The van der Waals surface area contributed by atoms with Gasteiger partial charge in [0, 0.05) is 24.3 Å². The molecule has 0 amide bonds. The van der Waals surface area contributed by atoms with Crippen LogP contribution in [0.4, 0.5) is 0 Å². The Morgan fingerprint density at radius 2 is 2.12 bits per heavy atom. The molecule has 0 bridgehead atoms. The number of pyridine rings is 1. The highest BCUT2D eigenvalue weighted by molar-refractivity contribution is 7.89. The van der Waals surface area contributed by atoms with E-state index in [9.17, 15) is 18.8 Å². The Balaban J connectivity index is 1.56. The second-order valence-corrected chi connectivity index (χ2v) is 10.5. The van der Waals surface area contributed by atoms with Gasteiger partial charge in [-0.15, -0.1) is 0 Å². The molecule has 174 valence electrons. The number of aryl methyl sites for hydroxylation is 1. The van der Waals surface area contributed by atoms with E-state index < -0.39 is 16.1 Å². The van der Waals surface area contributed by atoms with Crippen LogP contribution in [-0.2, 0) is 16.6 Å². The molecule has 10 nitrogen and oxygen atoms in total. The largest absolute Gasteiger partial charge is 0.389 e. The summed E-state index contributed by atoms with van der Waals surface area (Å²) in [6, 6.07) is 11.3. The summed E-state index contributed by atoms with van der Waals surface area (Å²) in [6.45, 7) is 4.32. The van der Waals surface area contributed by atoms with Gasteiger partial charge in [0.25, 0.3) is 0 Å². The first-order valence-corrected chi connectivity index (χ1v) is 12.5. The second kappa shape index (κ2) is 8.32. The number of H-pyrrole nitrogens is 1. The number of imidazole rings is 1. The van der Waals surface area contributed by atoms with Crippen LogP contribution in [0.2, 0.25) is 0 Å². The molecule has 1 saturated heterocycles. The number of nitrogens with zero attached hydrogens (tertiary/aromatic N) is 6. The van der Waals surface area contributed by atoms with E-state index >= 15 is 0 Å². The van der Waals surface area contributed by atoms with Crippen molar-refractivity contribution in [3.63, 3.8) is 0 Å². The number of sulfonamides is 1. The molecule has 0 radical (unpaired) electrons. The number of aromatic amines is 1. The number of rotatable bonds is 5. The average Bonchev–Trinajstić information content (AvgIpc) is 3.49. The lowest BCUT2D eigenvalue weighted by Crippen LogP contribution is -2.25. The maximum Gasteiger partial charge on any atom is 0.214 e. The third-order valence-corrected chi connectivity index (χ3v) is 7.98. The monoisotopic (exact) mass is 477 g/mol. The molecule has 5 rings (SSSR count). The molecule has 2 N–H and O–H groups in total. The van der Waals surface area contributed by atoms with Crippen LogP contribution in [0.25, 0.3) is 28.1 Å². The SMILES string of the molecule is Cc1[nH]nc(C#N)c1-c1nc(-n2cnc3cc(CN4CCCS4(=O)=O)ccc32)ccc1[C@H](C)O. The number of aliphatic hydroxyl groups is 1. The van der Waals surface area contributed by atoms with Gasteiger partial charge in [-0.25, -0.2) is 18.4 Å². The average molecular weight is 478 g/mol. The predicted octanol–water partition coefficient (Wildman–Crippen LogP) is 2.58. The lowest BCUT2D eigenvalue weighted by molar-refractivity contribution is 0.199. The second-order valence-electron chi connectivity index (χ2n) is 8.41. The van der Waals surface area contributed by atoms with E-state index in [1.165, 1.54) is 4.31 Å². The van der Waals surface area contributed by atoms with Crippen LogP contribution in [0.5, 0.6) is 0 Å². The molecule has 0 spiro atoms. The zero-order valence-corrected chi connectivity index (χ0v) is 19.5. The molecule has 4 heterocycles. The van der Waals surface area contributed by atoms with Crippen LogP contribution in [0.1, 0.15) is 42.0 Å². The maximum atomic E-state index is 12.1. The fourth-order valence-electron chi connectivity index (χ4n) is 4.34. The minimum atomic E-state index is -3.18. The van der Waals surface area contributed by atoms with Crippen LogP contribution in [0.15, 0.2) is 36.7 Å². The van der Waals surface area contributed by atoms with Crippen LogP contribution in [0, 0.1) is 18.3 Å². The highest BCUT2D eigenvalue weighted by Crippen LogP contribution is 2.32. The summed E-state index contributed by atoms with van der Waals surface area (Å²) >= 11 is 0. The van der Waals surface area contributed by atoms with Crippen molar-refractivity contribution in [2.75, 3.05) is 12.3 Å². The third kappa shape index (κ3) is 3.75. The summed E-state index contributed by atoms with van der Waals surface area (Å²) in [5.41, 5.74) is 4.90. The Morgan fingerprint density at radius 1 is 1.29 bits per heavy atom. The van der Waals surface area contributed by atoms with Gasteiger partial charge < -0.3 is 5.11 Å². The minimum Gasteiger partial charge on any atom is -0.389 e. The van der Waals surface area contributed by atoms with Gasteiger partial charge in [0.1, 0.15) is 18.2 Å². The summed E-state index contributed by atoms with van der Waals surface area (Å²) in [4.78, 5) is 9.29. The topological polar surface area (TPSA) is 141 Å². The van der Waals surface area contributed by atoms with E-state index in [2.05, 4.69) is 21.3 Å². The zero-order valence-electron chi connectivity index (χ0n) is 18.7. The van der Waals surface area contributed by atoms with Crippen molar-refractivity contribution < 1.29 is 13.5 Å². The van der Waals surface area contributed by atoms with Crippen LogP contribution in [0.3, 0.4) is 0 Å². The van der Waals surface area contributed by atoms with Crippen LogP contribution >= 0.6 is 0 Å². The lowest BCUT2D eigenvalue weighted by Gasteiger charge is -2.15. The van der Waals surface area contributed by atoms with Crippen molar-refractivity contribution in [2.24, 2.45) is 0 Å². The molecule has 1 fully saturated rings. The molecule has 11 heteroatoms. The van der Waals surface area contributed by atoms with Crippen molar-refractivity contribution in [3.05, 3.63) is 59.2 Å². The van der Waals surface area contributed by atoms with Gasteiger partial charge in [-0.05, 0) is 44.0 Å². The molecule has 34 heavy (non-hydrogen) atoms. The van der Waals surface area contributed by atoms with E-state index in [4.69, 9.17) is 4.98 Å². The van der Waals surface area contributed by atoms with Gasteiger partial charge in [0.2, 0.25) is 10.0 Å². The van der Waals surface area contributed by atoms with Crippen LogP contribution < -0.4 is 0 Å². The van der Waals surface area contributed by atoms with Gasteiger partial charge in [0.15, 0.2) is 5.69 Å². The number of hydrogen-bond acceptors (Lipinski definition) is 7. The highest BCUT2D eigenvalue weighted by Gasteiger charge is 2.28. The molecular formula is C23H23N7O3S. The summed E-state index contributed by atoms with van der Waals surface area (Å²) in [7, 11) is -3.18. The molecule has 3 aromatic heterocycles. The molecule has 4 aromatic rings. The summed E-state index contributed by atoms with van der Waals surface area (Å²) in [5, 5.41) is 26.7. The minimum absolute atomic E-state index is 0.198. The number of aliphatic hydroxyl groups excluding tert-OH is 1. The Kier molecular flexibility index (Phi) is 5.44. The molecule has 0 aliphatic carbocycles. The number of nitrogens with one attached hydrogen (secondary N) is 1. The van der Waals surface area contributed by atoms with E-state index in [1.54, 1.807) is 32.3 Å². The van der Waals surface area contributed by atoms with Gasteiger partial charge in [-0.1, -0.05) is 12.1 Å². The van der Waals surface area contributed by atoms with E-state index in [0.717, 1.165) is 11.1 Å². The number of nitriles is 1. The fraction of sp³-hybridized carbons (Fsp3) is 0.304. The molecule has 1 aromatic carbocycles. The standard InChI is InChI=1S/C23H23N7O3S/c1-14-22(19(11-24)28-27-14)23-17(15(2)31)5-7-21(26-23)30-13-25-18-10-16(4-6-20(18)30)12-29-8-3-9-34(29,32)33/h4-7,10,13,15,31H,3,8-9,12H2,1-2H3,(H,27,28)/t15-/m0/s1. The Hall–Kier alpha value is -3.59. The summed E-state index contributed by atoms with van der Waals surface area (Å²) in [5.74, 6) is 0.769. The van der Waals surface area contributed by atoms with Gasteiger partial charge >= 0.3 is 0 Å². The quantitative estimate of drug-likeness (QED) is 0.450. The smallest absolute Gasteiger partial charge is 0.214 e. The van der Waals surface area contributed by atoms with Gasteiger partial charge in [-0.3, -0.25) is 9.67 Å². The van der Waals surface area contributed by atoms with Crippen molar-refractivity contribution in [1.29, 1.82) is 5.26 Å². The maximum absolute atomic E-state index is 12.1. The molecule has 0 unspecified atom stereocenters. The highest BCUT2D eigenvalue weighted by atomic mass is 32.2. The van der Waals surface area contributed by atoms with E-state index in [-0.39, 0.29) is 11.4 Å². The molecule has 1 aliphatic rings. The Labute approximate surface area is 196 Å². The molecule has 0 saturated carbocycles. The van der Waals surface area contributed by atoms with Crippen molar-refractivity contribution in [1.82, 2.24) is 29.0 Å². The molecule has 1 atom stereocenters. The van der Waals surface area contributed by atoms with E-state index in [1.807, 2.05) is 22.8 Å². The number of hydrogen-bond donors (Lipinski definition) is 2. The summed E-state index contributed by atoms with van der Waals surface area (Å²) < 4.78 is 27.6. The first kappa shape index (κ1) is 22.2. The van der Waals surface area contributed by atoms with Crippen molar-refractivity contribution in [3.8, 4) is 23.1 Å². The molecule has 1 aliphatic heterocycles. The third-order valence-electron chi connectivity index (χ3n) is 6.07. The van der Waals surface area contributed by atoms with Crippen LogP contribution in [-0.4, -0.2) is 54.9 Å². The number of fused-ring (bicyclic) bond motifs is 1. The normalized spacial score (nSPS) is 16.6. The van der Waals surface area contributed by atoms with Gasteiger partial charge in [-0.2, -0.15) is 14.7 Å². The predicted molar refractivity (Wildman–Crippen MR) is 125 cm³/mol.